The average Bonchev–Trinajstić information content (AvgIpc) is 4.00. The Balaban J connectivity index is 0.00000336. The Labute approximate surface area is 305 Å². The van der Waals surface area contributed by atoms with Gasteiger partial charge >= 0.3 is 0 Å². The van der Waals surface area contributed by atoms with Crippen molar-refractivity contribution in [1.29, 1.82) is 0 Å². The lowest BCUT2D eigenvalue weighted by molar-refractivity contribution is 0.0460. The first-order chi connectivity index (χ1) is 24.2. The van der Waals surface area contributed by atoms with E-state index in [9.17, 15) is 0 Å². The molecule has 0 radical (unpaired) electrons. The molecule has 6 atom stereocenters. The number of nitrogens with zero attached hydrogens (tertiary/aromatic N) is 2. The Morgan fingerprint density at radius 1 is 0.500 bits per heavy atom. The Hall–Kier alpha value is -2.95. The summed E-state index contributed by atoms with van der Waals surface area (Å²) in [6.07, 6.45) is 13.5. The van der Waals surface area contributed by atoms with Crippen LogP contribution in [-0.2, 0) is 4.74 Å². The van der Waals surface area contributed by atoms with Gasteiger partial charge in [0.2, 0.25) is 0 Å². The van der Waals surface area contributed by atoms with Crippen LogP contribution in [0.1, 0.15) is 75.3 Å². The van der Waals surface area contributed by atoms with Crippen LogP contribution >= 0.6 is 12.4 Å². The summed E-state index contributed by atoms with van der Waals surface area (Å²) < 4.78 is 6.72. The van der Waals surface area contributed by atoms with E-state index >= 15 is 0 Å². The van der Waals surface area contributed by atoms with Gasteiger partial charge in [0.15, 0.2) is 0 Å². The van der Waals surface area contributed by atoms with Gasteiger partial charge in [-0.05, 0) is 168 Å². The molecule has 3 nitrogen and oxygen atoms in total. The highest BCUT2D eigenvalue weighted by Crippen LogP contribution is 2.54. The van der Waals surface area contributed by atoms with Gasteiger partial charge in [-0.1, -0.05) is 72.8 Å². The van der Waals surface area contributed by atoms with Gasteiger partial charge in [0.05, 0.1) is 13.2 Å². The molecule has 260 valence electrons. The molecule has 2 saturated heterocycles. The van der Waals surface area contributed by atoms with Gasteiger partial charge in [-0.15, -0.1) is 12.4 Å². The second kappa shape index (κ2) is 13.9. The summed E-state index contributed by atoms with van der Waals surface area (Å²) in [6.45, 7) is 6.55. The van der Waals surface area contributed by atoms with Crippen LogP contribution in [0.2, 0.25) is 0 Å². The lowest BCUT2D eigenvalue weighted by Gasteiger charge is -2.31. The van der Waals surface area contributed by atoms with E-state index in [4.69, 9.17) is 4.74 Å². The zero-order chi connectivity index (χ0) is 32.3. The lowest BCUT2D eigenvalue weighted by Crippen LogP contribution is -2.39. The van der Waals surface area contributed by atoms with Crippen molar-refractivity contribution in [3.8, 4) is 0 Å². The van der Waals surface area contributed by atoms with Crippen LogP contribution < -0.4 is 0 Å². The van der Waals surface area contributed by atoms with Crippen LogP contribution in [-0.4, -0.2) is 61.3 Å². The van der Waals surface area contributed by atoms with Gasteiger partial charge in [0, 0.05) is 25.2 Å². The molecule has 4 unspecified atom stereocenters. The maximum Gasteiger partial charge on any atom is 0.0622 e. The first kappa shape index (κ1) is 32.9. The quantitative estimate of drug-likeness (QED) is 0.165. The number of likely N-dealkylation sites (tertiary alicyclic amines) is 2. The maximum absolute atomic E-state index is 6.72. The van der Waals surface area contributed by atoms with E-state index in [1.165, 1.54) is 110 Å². The minimum atomic E-state index is 0. The van der Waals surface area contributed by atoms with Crippen LogP contribution in [0.4, 0.5) is 0 Å². The summed E-state index contributed by atoms with van der Waals surface area (Å²) in [5, 5.41) is 5.47. The number of rotatable bonds is 10. The van der Waals surface area contributed by atoms with Crippen molar-refractivity contribution < 1.29 is 4.74 Å². The Bertz CT molecular complexity index is 1810. The first-order valence-corrected chi connectivity index (χ1v) is 19.8. The Kier molecular flexibility index (Phi) is 9.14. The molecule has 50 heavy (non-hydrogen) atoms. The van der Waals surface area contributed by atoms with Crippen molar-refractivity contribution in [3.05, 3.63) is 107 Å². The number of hydrogen-bond acceptors (Lipinski definition) is 3. The molecule has 0 spiro atoms. The zero-order valence-corrected chi connectivity index (χ0v) is 30.4. The van der Waals surface area contributed by atoms with E-state index in [2.05, 4.69) is 94.7 Å². The van der Waals surface area contributed by atoms with Crippen molar-refractivity contribution >= 4 is 45.1 Å². The van der Waals surface area contributed by atoms with Crippen LogP contribution in [0, 0.1) is 23.7 Å². The van der Waals surface area contributed by atoms with Gasteiger partial charge < -0.3 is 4.74 Å². The van der Waals surface area contributed by atoms with Gasteiger partial charge in [0.1, 0.15) is 0 Å². The van der Waals surface area contributed by atoms with Crippen molar-refractivity contribution in [2.24, 2.45) is 23.7 Å². The number of fused-ring (bicyclic) bond motifs is 6. The molecule has 4 bridgehead atoms. The molecular formula is C46H53ClN2O. The highest BCUT2D eigenvalue weighted by molar-refractivity contribution is 5.89. The van der Waals surface area contributed by atoms with Gasteiger partial charge in [-0.3, -0.25) is 9.80 Å². The normalized spacial score (nSPS) is 29.4. The van der Waals surface area contributed by atoms with Gasteiger partial charge in [0.25, 0.3) is 0 Å². The number of benzene rings is 4. The Morgan fingerprint density at radius 2 is 0.940 bits per heavy atom. The molecule has 0 N–H and O–H groups in total. The smallest absolute Gasteiger partial charge is 0.0622 e. The summed E-state index contributed by atoms with van der Waals surface area (Å²) in [7, 11) is 0. The Morgan fingerprint density at radius 3 is 1.42 bits per heavy atom. The molecule has 4 aromatic carbocycles. The minimum absolute atomic E-state index is 0. The van der Waals surface area contributed by atoms with Crippen molar-refractivity contribution in [2.75, 3.05) is 39.4 Å². The molecule has 0 amide bonds. The summed E-state index contributed by atoms with van der Waals surface area (Å²) in [4.78, 5) is 5.61. The molecule has 0 aromatic heterocycles. The molecule has 10 rings (SSSR count). The fourth-order valence-corrected chi connectivity index (χ4v) is 11.4. The molecule has 2 aliphatic heterocycles. The number of ether oxygens (including phenoxy) is 1. The zero-order valence-electron chi connectivity index (χ0n) is 29.6. The lowest BCUT2D eigenvalue weighted by atomic mass is 9.86. The third-order valence-electron chi connectivity index (χ3n) is 13.8. The number of halogens is 1. The predicted molar refractivity (Wildman–Crippen MR) is 211 cm³/mol. The van der Waals surface area contributed by atoms with Crippen molar-refractivity contribution in [1.82, 2.24) is 9.80 Å². The van der Waals surface area contributed by atoms with Crippen LogP contribution in [0.5, 0.6) is 0 Å². The van der Waals surface area contributed by atoms with Crippen LogP contribution in [0.25, 0.3) is 32.7 Å². The summed E-state index contributed by atoms with van der Waals surface area (Å²) in [5.74, 6) is 3.11. The molecule has 4 heteroatoms. The molecule has 2 saturated carbocycles. The summed E-state index contributed by atoms with van der Waals surface area (Å²) in [5.41, 5.74) is 9.91. The maximum atomic E-state index is 6.72. The summed E-state index contributed by atoms with van der Waals surface area (Å²) in [6, 6.07) is 33.3. The molecular weight excluding hydrogens is 632 g/mol. The molecule has 6 aliphatic rings. The first-order valence-electron chi connectivity index (χ1n) is 19.8. The topological polar surface area (TPSA) is 15.7 Å². The van der Waals surface area contributed by atoms with E-state index < -0.39 is 0 Å². The van der Waals surface area contributed by atoms with E-state index in [0.29, 0.717) is 12.1 Å². The van der Waals surface area contributed by atoms with Gasteiger partial charge in [-0.25, -0.2) is 0 Å². The second-order valence-electron chi connectivity index (χ2n) is 16.5. The van der Waals surface area contributed by atoms with E-state index in [1.807, 2.05) is 0 Å². The fraction of sp³-hybridized carbons (Fsp3) is 0.478. The molecule has 4 aromatic rings. The minimum Gasteiger partial charge on any atom is -0.378 e. The fourth-order valence-electron chi connectivity index (χ4n) is 11.4. The summed E-state index contributed by atoms with van der Waals surface area (Å²) >= 11 is 0. The highest BCUT2D eigenvalue weighted by Gasteiger charge is 2.42. The van der Waals surface area contributed by atoms with Gasteiger partial charge in [-0.2, -0.15) is 0 Å². The van der Waals surface area contributed by atoms with Crippen LogP contribution in [0.3, 0.4) is 0 Å². The predicted octanol–water partition coefficient (Wildman–Crippen LogP) is 10.4. The third-order valence-corrected chi connectivity index (χ3v) is 13.8. The standard InChI is InChI=1S/C46H52N2O.ClH/c1-3-9-33-23-37(17-13-31(33)7-1)45-39-19-15-35(25-39)43(45)27-47-21-5-11-41(47)29-49-30-42-12-6-22-48(42)28-44-36-16-20-40(26-36)46(44)38-18-14-32-8-2-4-10-34(32)24-38;/h1-4,7-10,13-14,17-18,23-24,35-36,39-42H,5-6,11-12,15-16,19-22,25-30H2;1H/t35?,36?,39?,40?,41-,42-;/m0./s1. The third kappa shape index (κ3) is 5.97. The molecule has 2 heterocycles. The molecule has 4 fully saturated rings. The highest BCUT2D eigenvalue weighted by atomic mass is 35.5. The van der Waals surface area contributed by atoms with Crippen LogP contribution in [0.15, 0.2) is 96.1 Å². The van der Waals surface area contributed by atoms with E-state index in [0.717, 1.165) is 50.0 Å². The average molecular weight is 685 g/mol. The second-order valence-corrected chi connectivity index (χ2v) is 16.5. The van der Waals surface area contributed by atoms with E-state index in [1.54, 1.807) is 22.3 Å². The SMILES string of the molecule is Cl.c1ccc2cc(C3=C(CN4CCC[C@H]4COC[C@@H]4CCCN4CC4=C(c5ccc6ccccc6c5)C5CCC4C5)C4CCC3C4)ccc2c1. The largest absolute Gasteiger partial charge is 0.378 e. The molecule has 4 aliphatic carbocycles. The van der Waals surface area contributed by atoms with Crippen molar-refractivity contribution in [3.63, 3.8) is 0 Å². The van der Waals surface area contributed by atoms with Crippen molar-refractivity contribution in [2.45, 2.75) is 76.3 Å². The number of allylic oxidation sites excluding steroid dienone is 2. The monoisotopic (exact) mass is 684 g/mol. The number of hydrogen-bond donors (Lipinski definition) is 0. The van der Waals surface area contributed by atoms with E-state index in [-0.39, 0.29) is 12.4 Å².